The van der Waals surface area contributed by atoms with Crippen LogP contribution in [0.1, 0.15) is 27.2 Å². The van der Waals surface area contributed by atoms with E-state index in [1.54, 1.807) is 0 Å². The predicted molar refractivity (Wildman–Crippen MR) is 134 cm³/mol. The third-order valence-electron chi connectivity index (χ3n) is 5.91. The van der Waals surface area contributed by atoms with Crippen molar-refractivity contribution in [2.75, 3.05) is 44.2 Å². The Labute approximate surface area is 204 Å². The van der Waals surface area contributed by atoms with E-state index in [1.165, 1.54) is 5.69 Å². The van der Waals surface area contributed by atoms with Crippen molar-refractivity contribution in [2.24, 2.45) is 17.1 Å². The van der Waals surface area contributed by atoms with Gasteiger partial charge in [-0.2, -0.15) is 0 Å². The van der Waals surface area contributed by atoms with E-state index in [4.69, 9.17) is 15.9 Å². The first-order chi connectivity index (χ1) is 13.3. The van der Waals surface area contributed by atoms with Crippen LogP contribution in [0.3, 0.4) is 0 Å². The molecule has 4 rings (SSSR count). The Morgan fingerprint density at radius 2 is 1.84 bits per heavy atom. The molecule has 178 valence electrons. The molecule has 4 N–H and O–H groups in total. The zero-order chi connectivity index (χ0) is 20.3. The highest BCUT2D eigenvalue weighted by Crippen LogP contribution is 2.43. The minimum Gasteiger partial charge on any atom is -0.494 e. The molecule has 0 radical (unpaired) electrons. The molecule has 0 spiro atoms. The number of carbonyl (C=O) groups excluding carboxylic acids is 1. The molecule has 31 heavy (non-hydrogen) atoms. The summed E-state index contributed by atoms with van der Waals surface area (Å²) < 4.78 is 5.58. The smallest absolute Gasteiger partial charge is 0.241 e. The van der Waals surface area contributed by atoms with Crippen LogP contribution in [0.4, 0.5) is 5.69 Å². The molecule has 3 saturated heterocycles. The van der Waals surface area contributed by atoms with Crippen molar-refractivity contribution < 1.29 is 9.53 Å². The number of hydrogen-bond acceptors (Lipinski definition) is 5. The summed E-state index contributed by atoms with van der Waals surface area (Å²) in [6.07, 6.45) is 1.11. The van der Waals surface area contributed by atoms with Crippen molar-refractivity contribution in [1.82, 2.24) is 10.2 Å². The molecule has 2 atom stereocenters. The number of hydrogen-bond donors (Lipinski definition) is 3. The van der Waals surface area contributed by atoms with E-state index in [1.807, 2.05) is 24.0 Å². The lowest BCUT2D eigenvalue weighted by atomic mass is 9.73. The summed E-state index contributed by atoms with van der Waals surface area (Å²) in [5, 5.41) is 10.4. The SMILES string of the molecule is CCOc1ccc(N2C[C@H]3CN(C(=O)CNC(=N)CN)C[C@@H]2C(C)(C)C3)cc1.Cl.Cl.Cl. The van der Waals surface area contributed by atoms with E-state index in [2.05, 4.69) is 36.2 Å². The van der Waals surface area contributed by atoms with Gasteiger partial charge in [0.2, 0.25) is 5.91 Å². The molecule has 0 aliphatic carbocycles. The number of amidine groups is 1. The fourth-order valence-corrected chi connectivity index (χ4v) is 4.59. The van der Waals surface area contributed by atoms with Crippen LogP contribution in [-0.4, -0.2) is 62.0 Å². The van der Waals surface area contributed by atoms with Gasteiger partial charge in [0, 0.05) is 25.3 Å². The van der Waals surface area contributed by atoms with E-state index in [9.17, 15) is 4.79 Å². The van der Waals surface area contributed by atoms with Crippen LogP contribution in [0, 0.1) is 16.7 Å². The maximum atomic E-state index is 12.8. The summed E-state index contributed by atoms with van der Waals surface area (Å²) in [7, 11) is 0. The van der Waals surface area contributed by atoms with E-state index in [-0.39, 0.29) is 73.5 Å². The Bertz CT molecular complexity index is 717. The van der Waals surface area contributed by atoms with Crippen molar-refractivity contribution in [2.45, 2.75) is 33.2 Å². The molecule has 3 heterocycles. The van der Waals surface area contributed by atoms with Crippen LogP contribution < -0.4 is 20.7 Å². The number of rotatable bonds is 6. The summed E-state index contributed by atoms with van der Waals surface area (Å²) in [6, 6.07) is 8.55. The third kappa shape index (κ3) is 7.04. The molecule has 3 fully saturated rings. The van der Waals surface area contributed by atoms with Gasteiger partial charge in [0.1, 0.15) is 11.6 Å². The highest BCUT2D eigenvalue weighted by molar-refractivity contribution is 5.87. The lowest BCUT2D eigenvalue weighted by Crippen LogP contribution is -2.54. The number of nitrogens with zero attached hydrogens (tertiary/aromatic N) is 2. The van der Waals surface area contributed by atoms with Gasteiger partial charge in [0.25, 0.3) is 0 Å². The van der Waals surface area contributed by atoms with Crippen molar-refractivity contribution in [3.05, 3.63) is 24.3 Å². The minimum atomic E-state index is 0. The van der Waals surface area contributed by atoms with Gasteiger partial charge in [-0.05, 0) is 48.9 Å². The largest absolute Gasteiger partial charge is 0.494 e. The Kier molecular flexibility index (Phi) is 12.0. The normalized spacial score (nSPS) is 21.0. The first kappa shape index (κ1) is 29.6. The molecule has 3 aliphatic heterocycles. The predicted octanol–water partition coefficient (Wildman–Crippen LogP) is 2.94. The van der Waals surface area contributed by atoms with E-state index < -0.39 is 0 Å². The first-order valence-electron chi connectivity index (χ1n) is 10.1. The number of halogens is 3. The number of nitrogens with one attached hydrogen (secondary N) is 2. The molecule has 1 amide bonds. The molecule has 0 aromatic heterocycles. The summed E-state index contributed by atoms with van der Waals surface area (Å²) in [4.78, 5) is 17.2. The van der Waals surface area contributed by atoms with Crippen LogP contribution in [0.15, 0.2) is 24.3 Å². The van der Waals surface area contributed by atoms with Crippen LogP contribution in [0.25, 0.3) is 0 Å². The second kappa shape index (κ2) is 12.6. The fourth-order valence-electron chi connectivity index (χ4n) is 4.59. The van der Waals surface area contributed by atoms with Gasteiger partial charge < -0.3 is 25.6 Å². The van der Waals surface area contributed by atoms with Gasteiger partial charge in [-0.15, -0.1) is 37.2 Å². The van der Waals surface area contributed by atoms with E-state index >= 15 is 0 Å². The molecule has 7 nitrogen and oxygen atoms in total. The highest BCUT2D eigenvalue weighted by Gasteiger charge is 2.46. The standard InChI is InChI=1S/C21H33N5O2.3ClH/c1-4-28-17-7-5-16(6-8-17)26-13-15-9-21(2,3)18(26)14-25(12-15)20(27)11-24-19(23)10-22;;;/h5-8,15,18H,4,9-14,22H2,1-3H3,(H2,23,24);3*1H/t15-,18-;;;/m1.../s1. The molecule has 1 aromatic rings. The van der Waals surface area contributed by atoms with Gasteiger partial charge in [-0.25, -0.2) is 0 Å². The number of carbonyl (C=O) groups is 1. The third-order valence-corrected chi connectivity index (χ3v) is 5.91. The number of fused-ring (bicyclic) bond motifs is 4. The van der Waals surface area contributed by atoms with E-state index in [0.29, 0.717) is 19.1 Å². The van der Waals surface area contributed by atoms with Crippen LogP contribution >= 0.6 is 37.2 Å². The van der Waals surface area contributed by atoms with Crippen LogP contribution in [0.2, 0.25) is 0 Å². The average Bonchev–Trinajstić information content (AvgIpc) is 2.93. The summed E-state index contributed by atoms with van der Waals surface area (Å²) in [5.41, 5.74) is 6.74. The number of anilines is 1. The molecule has 2 bridgehead atoms. The topological polar surface area (TPSA) is 94.7 Å². The second-order valence-electron chi connectivity index (χ2n) is 8.49. The van der Waals surface area contributed by atoms with Gasteiger partial charge >= 0.3 is 0 Å². The van der Waals surface area contributed by atoms with Crippen molar-refractivity contribution >= 4 is 54.7 Å². The maximum absolute atomic E-state index is 12.8. The quantitative estimate of drug-likeness (QED) is 0.416. The van der Waals surface area contributed by atoms with Crippen molar-refractivity contribution in [3.63, 3.8) is 0 Å². The molecule has 3 aliphatic rings. The molecule has 10 heteroatoms. The Morgan fingerprint density at radius 3 is 2.42 bits per heavy atom. The molecule has 0 unspecified atom stereocenters. The minimum absolute atomic E-state index is 0. The van der Waals surface area contributed by atoms with Crippen molar-refractivity contribution in [3.8, 4) is 5.75 Å². The maximum Gasteiger partial charge on any atom is 0.241 e. The number of amides is 1. The number of nitrogens with two attached hydrogens (primary N) is 1. The Morgan fingerprint density at radius 1 is 1.19 bits per heavy atom. The lowest BCUT2D eigenvalue weighted by Gasteiger charge is -2.48. The van der Waals surface area contributed by atoms with Gasteiger partial charge in [-0.1, -0.05) is 13.8 Å². The Balaban J connectivity index is 0.00000300. The van der Waals surface area contributed by atoms with Gasteiger partial charge in [0.15, 0.2) is 0 Å². The number of benzene rings is 1. The Hall–Kier alpha value is -1.41. The zero-order valence-corrected chi connectivity index (χ0v) is 20.9. The van der Waals surface area contributed by atoms with Gasteiger partial charge in [0.05, 0.1) is 25.7 Å². The summed E-state index contributed by atoms with van der Waals surface area (Å²) >= 11 is 0. The first-order valence-corrected chi connectivity index (χ1v) is 10.1. The van der Waals surface area contributed by atoms with E-state index in [0.717, 1.165) is 25.3 Å². The highest BCUT2D eigenvalue weighted by atomic mass is 35.5. The van der Waals surface area contributed by atoms with Crippen LogP contribution in [0.5, 0.6) is 5.75 Å². The molecular formula is C21H36Cl3N5O2. The molecule has 1 aromatic carbocycles. The monoisotopic (exact) mass is 495 g/mol. The average molecular weight is 497 g/mol. The zero-order valence-electron chi connectivity index (χ0n) is 18.4. The fraction of sp³-hybridized carbons (Fsp3) is 0.619. The molecule has 0 saturated carbocycles. The van der Waals surface area contributed by atoms with Crippen LogP contribution in [-0.2, 0) is 4.79 Å². The number of piperidine rings is 1. The summed E-state index contributed by atoms with van der Waals surface area (Å²) in [5.74, 6) is 1.55. The second-order valence-corrected chi connectivity index (χ2v) is 8.49. The molecular weight excluding hydrogens is 461 g/mol. The lowest BCUT2D eigenvalue weighted by molar-refractivity contribution is -0.130. The van der Waals surface area contributed by atoms with Crippen molar-refractivity contribution in [1.29, 1.82) is 5.41 Å². The van der Waals surface area contributed by atoms with Gasteiger partial charge in [-0.3, -0.25) is 10.2 Å². The summed E-state index contributed by atoms with van der Waals surface area (Å²) in [6.45, 7) is 9.95. The number of ether oxygens (including phenoxy) is 1.